The van der Waals surface area contributed by atoms with Gasteiger partial charge in [0.2, 0.25) is 0 Å². The Morgan fingerprint density at radius 2 is 2.40 bits per heavy atom. The molecule has 0 spiro atoms. The Morgan fingerprint density at radius 1 is 1.53 bits per heavy atom. The van der Waals surface area contributed by atoms with Crippen LogP contribution in [0.4, 0.5) is 0 Å². The van der Waals surface area contributed by atoms with Crippen LogP contribution in [0.5, 0.6) is 0 Å². The maximum Gasteiger partial charge on any atom is 0.0667 e. The summed E-state index contributed by atoms with van der Waals surface area (Å²) >= 11 is 3.37. The maximum absolute atomic E-state index is 9.51. The normalized spacial score (nSPS) is 23.2. The van der Waals surface area contributed by atoms with E-state index in [1.165, 1.54) is 0 Å². The first kappa shape index (κ1) is 11.1. The van der Waals surface area contributed by atoms with Crippen molar-refractivity contribution in [2.45, 2.75) is 25.5 Å². The summed E-state index contributed by atoms with van der Waals surface area (Å²) in [5.41, 5.74) is 0. The highest BCUT2D eigenvalue weighted by molar-refractivity contribution is 9.10. The first-order chi connectivity index (χ1) is 7.24. The lowest BCUT2D eigenvalue weighted by Gasteiger charge is -2.29. The van der Waals surface area contributed by atoms with Crippen LogP contribution in [0, 0.1) is 0 Å². The third-order valence-electron chi connectivity index (χ3n) is 2.73. The number of likely N-dealkylation sites (tertiary alicyclic amines) is 1. The van der Waals surface area contributed by atoms with Gasteiger partial charge in [-0.3, -0.25) is 9.58 Å². The van der Waals surface area contributed by atoms with Gasteiger partial charge in [-0.05, 0) is 35.3 Å². The van der Waals surface area contributed by atoms with Crippen LogP contribution < -0.4 is 0 Å². The molecular weight excluding hydrogens is 258 g/mol. The van der Waals surface area contributed by atoms with E-state index < -0.39 is 0 Å². The molecule has 1 aromatic heterocycles. The van der Waals surface area contributed by atoms with E-state index in [9.17, 15) is 5.11 Å². The third kappa shape index (κ3) is 3.29. The number of halogens is 1. The van der Waals surface area contributed by atoms with E-state index in [1.807, 2.05) is 10.9 Å². The van der Waals surface area contributed by atoms with Gasteiger partial charge < -0.3 is 5.11 Å². The Morgan fingerprint density at radius 3 is 3.07 bits per heavy atom. The average molecular weight is 274 g/mol. The van der Waals surface area contributed by atoms with Crippen molar-refractivity contribution < 1.29 is 5.11 Å². The van der Waals surface area contributed by atoms with Gasteiger partial charge in [-0.15, -0.1) is 0 Å². The maximum atomic E-state index is 9.51. The number of hydrogen-bond acceptors (Lipinski definition) is 3. The van der Waals surface area contributed by atoms with Crippen molar-refractivity contribution in [3.63, 3.8) is 0 Å². The summed E-state index contributed by atoms with van der Waals surface area (Å²) in [6, 6.07) is 0. The molecule has 2 rings (SSSR count). The quantitative estimate of drug-likeness (QED) is 0.897. The van der Waals surface area contributed by atoms with Gasteiger partial charge in [0, 0.05) is 19.3 Å². The van der Waals surface area contributed by atoms with Crippen molar-refractivity contribution in [1.29, 1.82) is 0 Å². The van der Waals surface area contributed by atoms with Crippen LogP contribution in [0.3, 0.4) is 0 Å². The number of aromatic nitrogens is 2. The van der Waals surface area contributed by atoms with E-state index in [4.69, 9.17) is 0 Å². The van der Waals surface area contributed by atoms with Gasteiger partial charge in [0.15, 0.2) is 0 Å². The molecule has 1 aliphatic heterocycles. The second-order valence-corrected chi connectivity index (χ2v) is 4.93. The highest BCUT2D eigenvalue weighted by Gasteiger charge is 2.16. The van der Waals surface area contributed by atoms with Crippen molar-refractivity contribution in [2.24, 2.45) is 0 Å². The molecule has 1 unspecified atom stereocenters. The zero-order chi connectivity index (χ0) is 10.7. The van der Waals surface area contributed by atoms with Gasteiger partial charge in [-0.1, -0.05) is 0 Å². The predicted molar refractivity (Wildman–Crippen MR) is 61.6 cm³/mol. The molecule has 0 amide bonds. The fourth-order valence-corrected chi connectivity index (χ4v) is 2.27. The lowest BCUT2D eigenvalue weighted by Crippen LogP contribution is -2.39. The molecule has 1 aliphatic rings. The monoisotopic (exact) mass is 273 g/mol. The van der Waals surface area contributed by atoms with E-state index in [0.717, 1.165) is 43.5 Å². The van der Waals surface area contributed by atoms with Gasteiger partial charge in [0.1, 0.15) is 0 Å². The summed E-state index contributed by atoms with van der Waals surface area (Å²) in [7, 11) is 0. The summed E-state index contributed by atoms with van der Waals surface area (Å²) in [6.07, 6.45) is 5.68. The number of aliphatic hydroxyl groups is 1. The van der Waals surface area contributed by atoms with Crippen molar-refractivity contribution >= 4 is 15.9 Å². The highest BCUT2D eigenvalue weighted by Crippen LogP contribution is 2.10. The second kappa shape index (κ2) is 5.09. The van der Waals surface area contributed by atoms with Crippen molar-refractivity contribution in [1.82, 2.24) is 14.7 Å². The SMILES string of the molecule is OC1CCCN(CCn2cc(Br)cn2)C1. The number of hydrogen-bond donors (Lipinski definition) is 1. The minimum Gasteiger partial charge on any atom is -0.392 e. The van der Waals surface area contributed by atoms with Crippen LogP contribution in [-0.2, 0) is 6.54 Å². The van der Waals surface area contributed by atoms with Crippen molar-refractivity contribution in [2.75, 3.05) is 19.6 Å². The molecule has 0 bridgehead atoms. The Labute approximate surface area is 98.0 Å². The topological polar surface area (TPSA) is 41.3 Å². The molecule has 2 heterocycles. The molecule has 0 radical (unpaired) electrons. The lowest BCUT2D eigenvalue weighted by molar-refractivity contribution is 0.0684. The molecule has 1 aromatic rings. The minimum absolute atomic E-state index is 0.136. The molecule has 1 saturated heterocycles. The molecule has 1 atom stereocenters. The molecule has 0 aromatic carbocycles. The summed E-state index contributed by atoms with van der Waals surface area (Å²) < 4.78 is 2.94. The van der Waals surface area contributed by atoms with Crippen LogP contribution in [-0.4, -0.2) is 45.5 Å². The van der Waals surface area contributed by atoms with Crippen LogP contribution in [0.1, 0.15) is 12.8 Å². The van der Waals surface area contributed by atoms with E-state index in [0.29, 0.717) is 0 Å². The van der Waals surface area contributed by atoms with E-state index in [2.05, 4.69) is 25.9 Å². The molecule has 1 N–H and O–H groups in total. The summed E-state index contributed by atoms with van der Waals surface area (Å²) in [4.78, 5) is 2.30. The van der Waals surface area contributed by atoms with E-state index in [1.54, 1.807) is 6.20 Å². The van der Waals surface area contributed by atoms with E-state index >= 15 is 0 Å². The van der Waals surface area contributed by atoms with Gasteiger partial charge >= 0.3 is 0 Å². The second-order valence-electron chi connectivity index (χ2n) is 4.02. The van der Waals surface area contributed by atoms with Crippen molar-refractivity contribution in [3.05, 3.63) is 16.9 Å². The number of β-amino-alcohol motifs (C(OH)–C–C–N with tert-alkyl or cyclic N) is 1. The number of aliphatic hydroxyl groups excluding tert-OH is 1. The Bertz CT molecular complexity index is 315. The molecule has 4 nitrogen and oxygen atoms in total. The number of nitrogens with zero attached hydrogens (tertiary/aromatic N) is 3. The lowest BCUT2D eigenvalue weighted by atomic mass is 10.1. The molecule has 15 heavy (non-hydrogen) atoms. The van der Waals surface area contributed by atoms with Gasteiger partial charge in [-0.25, -0.2) is 0 Å². The molecule has 0 aliphatic carbocycles. The summed E-state index contributed by atoms with van der Waals surface area (Å²) in [5, 5.41) is 13.7. The standard InChI is InChI=1S/C10H16BrN3O/c11-9-6-12-14(7-9)5-4-13-3-1-2-10(15)8-13/h6-7,10,15H,1-5,8H2. The number of piperidine rings is 1. The molecule has 0 saturated carbocycles. The summed E-state index contributed by atoms with van der Waals surface area (Å²) in [5.74, 6) is 0. The first-order valence-electron chi connectivity index (χ1n) is 5.32. The average Bonchev–Trinajstić information content (AvgIpc) is 2.62. The largest absolute Gasteiger partial charge is 0.392 e. The first-order valence-corrected chi connectivity index (χ1v) is 6.12. The molecular formula is C10H16BrN3O. The number of rotatable bonds is 3. The van der Waals surface area contributed by atoms with Crippen LogP contribution in [0.2, 0.25) is 0 Å². The zero-order valence-corrected chi connectivity index (χ0v) is 10.2. The summed E-state index contributed by atoms with van der Waals surface area (Å²) in [6.45, 7) is 3.76. The van der Waals surface area contributed by atoms with Crippen molar-refractivity contribution in [3.8, 4) is 0 Å². The predicted octanol–water partition coefficient (Wildman–Crippen LogP) is 1.10. The highest BCUT2D eigenvalue weighted by atomic mass is 79.9. The van der Waals surface area contributed by atoms with Crippen LogP contribution in [0.15, 0.2) is 16.9 Å². The fourth-order valence-electron chi connectivity index (χ4n) is 1.94. The van der Waals surface area contributed by atoms with Crippen LogP contribution >= 0.6 is 15.9 Å². The van der Waals surface area contributed by atoms with Crippen LogP contribution in [0.25, 0.3) is 0 Å². The van der Waals surface area contributed by atoms with Gasteiger partial charge in [-0.2, -0.15) is 5.10 Å². The Hall–Kier alpha value is -0.390. The third-order valence-corrected chi connectivity index (χ3v) is 3.14. The van der Waals surface area contributed by atoms with E-state index in [-0.39, 0.29) is 6.10 Å². The Kier molecular flexibility index (Phi) is 3.77. The van der Waals surface area contributed by atoms with Gasteiger partial charge in [0.25, 0.3) is 0 Å². The smallest absolute Gasteiger partial charge is 0.0667 e. The minimum atomic E-state index is -0.136. The molecule has 1 fully saturated rings. The zero-order valence-electron chi connectivity index (χ0n) is 8.64. The molecule has 5 heteroatoms. The van der Waals surface area contributed by atoms with Gasteiger partial charge in [0.05, 0.1) is 23.3 Å². The molecule has 84 valence electrons. The fraction of sp³-hybridized carbons (Fsp3) is 0.700. The Balaban J connectivity index is 1.77.